The van der Waals surface area contributed by atoms with Crippen LogP contribution in [0.2, 0.25) is 0 Å². The molecular formula is C18H17NO2. The lowest BCUT2D eigenvalue weighted by Crippen LogP contribution is -1.96. The van der Waals surface area contributed by atoms with Crippen molar-refractivity contribution in [2.24, 2.45) is 0 Å². The molecule has 106 valence electrons. The van der Waals surface area contributed by atoms with Gasteiger partial charge in [0.25, 0.3) is 0 Å². The fourth-order valence-corrected chi connectivity index (χ4v) is 2.21. The summed E-state index contributed by atoms with van der Waals surface area (Å²) in [6.07, 6.45) is 1.76. The van der Waals surface area contributed by atoms with Gasteiger partial charge in [-0.05, 0) is 30.7 Å². The normalized spacial score (nSPS) is 10.5. The fourth-order valence-electron chi connectivity index (χ4n) is 2.21. The van der Waals surface area contributed by atoms with E-state index in [0.29, 0.717) is 13.2 Å². The first-order valence-corrected chi connectivity index (χ1v) is 7.05. The van der Waals surface area contributed by atoms with Crippen molar-refractivity contribution in [2.75, 3.05) is 6.61 Å². The minimum Gasteiger partial charge on any atom is -0.493 e. The molecule has 0 saturated heterocycles. The lowest BCUT2D eigenvalue weighted by molar-refractivity contribution is 0.306. The zero-order valence-corrected chi connectivity index (χ0v) is 12.0. The molecule has 0 fully saturated rings. The van der Waals surface area contributed by atoms with E-state index in [1.54, 1.807) is 6.20 Å². The van der Waals surface area contributed by atoms with Crippen LogP contribution in [0.15, 0.2) is 60.8 Å². The molecule has 0 radical (unpaired) electrons. The van der Waals surface area contributed by atoms with Crippen LogP contribution in [0, 0.1) is 0 Å². The lowest BCUT2D eigenvalue weighted by Gasteiger charge is -2.09. The van der Waals surface area contributed by atoms with E-state index >= 15 is 0 Å². The molecule has 3 heteroatoms. The summed E-state index contributed by atoms with van der Waals surface area (Å²) < 4.78 is 11.4. The average molecular weight is 279 g/mol. The summed E-state index contributed by atoms with van der Waals surface area (Å²) in [5.41, 5.74) is 2.03. The number of aromatic nitrogens is 1. The van der Waals surface area contributed by atoms with Gasteiger partial charge in [0.05, 0.1) is 12.1 Å². The van der Waals surface area contributed by atoms with Crippen LogP contribution in [0.3, 0.4) is 0 Å². The second-order valence-electron chi connectivity index (χ2n) is 4.70. The Morgan fingerprint density at radius 2 is 1.81 bits per heavy atom. The van der Waals surface area contributed by atoms with Crippen LogP contribution in [0.25, 0.3) is 10.9 Å². The Morgan fingerprint density at radius 3 is 2.62 bits per heavy atom. The number of rotatable bonds is 5. The number of benzene rings is 2. The van der Waals surface area contributed by atoms with E-state index in [1.165, 1.54) is 0 Å². The predicted molar refractivity (Wildman–Crippen MR) is 83.7 cm³/mol. The molecule has 0 aliphatic heterocycles. The molecule has 3 nitrogen and oxygen atoms in total. The van der Waals surface area contributed by atoms with Gasteiger partial charge >= 0.3 is 0 Å². The smallest absolute Gasteiger partial charge is 0.130 e. The molecule has 3 rings (SSSR count). The molecule has 0 amide bonds. The summed E-state index contributed by atoms with van der Waals surface area (Å²) >= 11 is 0. The fraction of sp³-hybridized carbons (Fsp3) is 0.167. The first-order chi connectivity index (χ1) is 10.4. The van der Waals surface area contributed by atoms with E-state index in [1.807, 2.05) is 61.5 Å². The maximum Gasteiger partial charge on any atom is 0.130 e. The number of ether oxygens (including phenoxy) is 2. The van der Waals surface area contributed by atoms with Crippen LogP contribution in [-0.4, -0.2) is 11.6 Å². The van der Waals surface area contributed by atoms with E-state index < -0.39 is 0 Å². The predicted octanol–water partition coefficient (Wildman–Crippen LogP) is 4.21. The van der Waals surface area contributed by atoms with Crippen molar-refractivity contribution in [2.45, 2.75) is 13.5 Å². The van der Waals surface area contributed by atoms with Crippen molar-refractivity contribution in [3.05, 3.63) is 66.4 Å². The van der Waals surface area contributed by atoms with Crippen LogP contribution in [0.5, 0.6) is 11.5 Å². The third kappa shape index (κ3) is 3.14. The van der Waals surface area contributed by atoms with E-state index in [4.69, 9.17) is 9.47 Å². The molecule has 1 aromatic heterocycles. The van der Waals surface area contributed by atoms with E-state index in [-0.39, 0.29) is 0 Å². The van der Waals surface area contributed by atoms with Crippen molar-refractivity contribution in [3.63, 3.8) is 0 Å². The molecule has 0 N–H and O–H groups in total. The summed E-state index contributed by atoms with van der Waals surface area (Å²) in [5, 5.41) is 1.01. The maximum atomic E-state index is 5.82. The van der Waals surface area contributed by atoms with Gasteiger partial charge in [-0.2, -0.15) is 0 Å². The number of hydrogen-bond acceptors (Lipinski definition) is 3. The second kappa shape index (κ2) is 6.27. The molecule has 2 aromatic carbocycles. The Kier molecular flexibility index (Phi) is 4.01. The largest absolute Gasteiger partial charge is 0.493 e. The van der Waals surface area contributed by atoms with Crippen LogP contribution < -0.4 is 9.47 Å². The quantitative estimate of drug-likeness (QED) is 0.701. The van der Waals surface area contributed by atoms with Crippen molar-refractivity contribution in [3.8, 4) is 11.5 Å². The molecule has 0 atom stereocenters. The Hall–Kier alpha value is -2.55. The number of pyridine rings is 1. The summed E-state index contributed by atoms with van der Waals surface area (Å²) in [6.45, 7) is 3.17. The van der Waals surface area contributed by atoms with Crippen LogP contribution in [0.1, 0.15) is 12.5 Å². The van der Waals surface area contributed by atoms with Gasteiger partial charge in [-0.3, -0.25) is 4.98 Å². The summed E-state index contributed by atoms with van der Waals surface area (Å²) in [6, 6.07) is 17.9. The Balaban J connectivity index is 1.81. The van der Waals surface area contributed by atoms with Crippen molar-refractivity contribution < 1.29 is 9.47 Å². The van der Waals surface area contributed by atoms with Gasteiger partial charge in [0, 0.05) is 17.6 Å². The van der Waals surface area contributed by atoms with Crippen LogP contribution >= 0.6 is 0 Å². The monoisotopic (exact) mass is 279 g/mol. The summed E-state index contributed by atoms with van der Waals surface area (Å²) in [7, 11) is 0. The standard InChI is InChI=1S/C18H17NO2/c1-2-20-18-10-11-19-17-12-15(8-9-16(17)18)21-13-14-6-4-3-5-7-14/h3-12H,2,13H2,1H3. The SMILES string of the molecule is CCOc1ccnc2cc(OCc3ccccc3)ccc12. The van der Waals surface area contributed by atoms with Crippen LogP contribution in [-0.2, 0) is 6.61 Å². The Bertz CT molecular complexity index is 726. The average Bonchev–Trinajstić information content (AvgIpc) is 2.54. The van der Waals surface area contributed by atoms with E-state index in [9.17, 15) is 0 Å². The van der Waals surface area contributed by atoms with E-state index in [0.717, 1.165) is 28.0 Å². The topological polar surface area (TPSA) is 31.4 Å². The molecule has 0 aliphatic carbocycles. The summed E-state index contributed by atoms with van der Waals surface area (Å²) in [4.78, 5) is 4.38. The first-order valence-electron chi connectivity index (χ1n) is 7.05. The van der Waals surface area contributed by atoms with Crippen molar-refractivity contribution in [1.82, 2.24) is 4.98 Å². The zero-order valence-electron chi connectivity index (χ0n) is 12.0. The highest BCUT2D eigenvalue weighted by molar-refractivity contribution is 5.85. The van der Waals surface area contributed by atoms with Gasteiger partial charge in [0.1, 0.15) is 18.1 Å². The van der Waals surface area contributed by atoms with Gasteiger partial charge in [-0.25, -0.2) is 0 Å². The number of hydrogen-bond donors (Lipinski definition) is 0. The zero-order chi connectivity index (χ0) is 14.5. The highest BCUT2D eigenvalue weighted by Gasteiger charge is 2.04. The summed E-state index contributed by atoms with van der Waals surface area (Å²) in [5.74, 6) is 1.67. The molecule has 0 spiro atoms. The van der Waals surface area contributed by atoms with Gasteiger partial charge in [0.15, 0.2) is 0 Å². The molecule has 0 bridgehead atoms. The third-order valence-electron chi connectivity index (χ3n) is 3.22. The highest BCUT2D eigenvalue weighted by Crippen LogP contribution is 2.27. The lowest BCUT2D eigenvalue weighted by atomic mass is 10.2. The number of fused-ring (bicyclic) bond motifs is 1. The van der Waals surface area contributed by atoms with Gasteiger partial charge < -0.3 is 9.47 Å². The molecule has 1 heterocycles. The third-order valence-corrected chi connectivity index (χ3v) is 3.22. The van der Waals surface area contributed by atoms with Crippen LogP contribution in [0.4, 0.5) is 0 Å². The molecule has 0 unspecified atom stereocenters. The molecule has 0 saturated carbocycles. The maximum absolute atomic E-state index is 5.82. The Labute approximate surface area is 124 Å². The minimum absolute atomic E-state index is 0.553. The van der Waals surface area contributed by atoms with Crippen molar-refractivity contribution >= 4 is 10.9 Å². The molecule has 0 aliphatic rings. The highest BCUT2D eigenvalue weighted by atomic mass is 16.5. The molecule has 21 heavy (non-hydrogen) atoms. The molecular weight excluding hydrogens is 262 g/mol. The minimum atomic E-state index is 0.553. The van der Waals surface area contributed by atoms with Crippen molar-refractivity contribution in [1.29, 1.82) is 0 Å². The second-order valence-corrected chi connectivity index (χ2v) is 4.70. The van der Waals surface area contributed by atoms with Gasteiger partial charge in [-0.1, -0.05) is 30.3 Å². The Morgan fingerprint density at radius 1 is 0.952 bits per heavy atom. The molecule has 3 aromatic rings. The number of nitrogens with zero attached hydrogens (tertiary/aromatic N) is 1. The first kappa shape index (κ1) is 13.4. The van der Waals surface area contributed by atoms with Gasteiger partial charge in [-0.15, -0.1) is 0 Å². The van der Waals surface area contributed by atoms with E-state index in [2.05, 4.69) is 4.98 Å². The van der Waals surface area contributed by atoms with Gasteiger partial charge in [0.2, 0.25) is 0 Å².